The van der Waals surface area contributed by atoms with E-state index in [1.807, 2.05) is 45.9 Å². The van der Waals surface area contributed by atoms with Crippen LogP contribution in [0.15, 0.2) is 109 Å². The van der Waals surface area contributed by atoms with Gasteiger partial charge >= 0.3 is 11.9 Å². The largest absolute Gasteiger partial charge is 0.478 e. The molecular weight excluding hydrogens is 1270 g/mol. The summed E-state index contributed by atoms with van der Waals surface area (Å²) in [5.41, 5.74) is 3.09. The lowest BCUT2D eigenvalue weighted by atomic mass is 9.98. The van der Waals surface area contributed by atoms with Crippen molar-refractivity contribution >= 4 is 59.2 Å². The highest BCUT2D eigenvalue weighted by Gasteiger charge is 2.52. The summed E-state index contributed by atoms with van der Waals surface area (Å²) >= 11 is 0. The lowest BCUT2D eigenvalue weighted by Crippen LogP contribution is -2.67. The zero-order valence-electron chi connectivity index (χ0n) is 59.7. The molecule has 2 fully saturated rings. The minimum atomic E-state index is -2.78. The van der Waals surface area contributed by atoms with Crippen LogP contribution in [0.3, 0.4) is 0 Å². The minimum absolute atomic E-state index is 0. The van der Waals surface area contributed by atoms with Crippen molar-refractivity contribution in [1.82, 2.24) is 0 Å². The average Bonchev–Trinajstić information content (AvgIpc) is 0.995. The Hall–Kier alpha value is -5.69. The number of aliphatic hydroxyl groups is 2. The number of rotatable bonds is 25. The zero-order valence-corrected chi connectivity index (χ0v) is 62.7. The first-order valence-corrected chi connectivity index (χ1v) is 41.8. The van der Waals surface area contributed by atoms with Crippen LogP contribution in [-0.2, 0) is 32.5 Å². The number of hydrogen-bond acceptors (Lipinski definition) is 15. The summed E-state index contributed by atoms with van der Waals surface area (Å²) < 4.78 is 68.7. The summed E-state index contributed by atoms with van der Waals surface area (Å²) in [6.07, 6.45) is 12.4. The molecule has 4 aromatic rings. The van der Waals surface area contributed by atoms with Crippen molar-refractivity contribution in [2.75, 3.05) is 20.2 Å². The molecule has 2 unspecified atom stereocenters. The Kier molecular flexibility index (Phi) is 27.8. The van der Waals surface area contributed by atoms with Crippen molar-refractivity contribution in [2.24, 2.45) is 11.8 Å². The van der Waals surface area contributed by atoms with Crippen molar-refractivity contribution in [3.05, 3.63) is 143 Å². The monoisotopic (exact) mass is 1380 g/mol. The molecule has 4 aliphatic heterocycles. The third kappa shape index (κ3) is 20.0. The van der Waals surface area contributed by atoms with Crippen LogP contribution in [-0.4, -0.2) is 133 Å². The minimum Gasteiger partial charge on any atom is -0.478 e. The summed E-state index contributed by atoms with van der Waals surface area (Å²) in [5, 5.41) is 32.3. The Bertz CT molecular complexity index is 3300. The van der Waals surface area contributed by atoms with Crippen molar-refractivity contribution in [2.45, 2.75) is 248 Å². The molecule has 4 aliphatic rings. The van der Waals surface area contributed by atoms with Gasteiger partial charge in [0.05, 0.1) is 42.1 Å². The molecule has 96 heavy (non-hydrogen) atoms. The van der Waals surface area contributed by atoms with Gasteiger partial charge in [0, 0.05) is 25.3 Å². The number of carboxylic acids is 1. The number of aryl methyl sites for hydroxylation is 2. The second kappa shape index (κ2) is 33.0. The Balaban J connectivity index is 0.000000412. The van der Waals surface area contributed by atoms with Gasteiger partial charge in [-0.3, -0.25) is 0 Å². The molecule has 0 aromatic heterocycles. The van der Waals surface area contributed by atoms with Crippen molar-refractivity contribution in [1.29, 1.82) is 0 Å². The Morgan fingerprint density at radius 1 is 0.615 bits per heavy atom. The van der Waals surface area contributed by atoms with Gasteiger partial charge in [0.1, 0.15) is 18.3 Å². The molecule has 532 valence electrons. The molecule has 4 aromatic carbocycles. The van der Waals surface area contributed by atoms with Crippen LogP contribution in [0.1, 0.15) is 168 Å². The molecular formula is C77H116O16Si3. The van der Waals surface area contributed by atoms with Crippen LogP contribution in [0.25, 0.3) is 12.2 Å². The zero-order chi connectivity index (χ0) is 69.5. The first-order valence-electron chi connectivity index (χ1n) is 33.3. The van der Waals surface area contributed by atoms with Crippen LogP contribution in [0.4, 0.5) is 0 Å². The first-order chi connectivity index (χ1) is 43.8. The normalized spacial score (nSPS) is 21.1. The Morgan fingerprint density at radius 2 is 1.07 bits per heavy atom. The highest BCUT2D eigenvalue weighted by atomic mass is 28.4. The van der Waals surface area contributed by atoms with Crippen LogP contribution >= 0.6 is 0 Å². The molecule has 19 heteroatoms. The summed E-state index contributed by atoms with van der Waals surface area (Å²) in [6, 6.07) is 26.0. The predicted octanol–water partition coefficient (Wildman–Crippen LogP) is 16.2. The van der Waals surface area contributed by atoms with Gasteiger partial charge in [-0.1, -0.05) is 199 Å². The molecule has 8 rings (SSSR count). The van der Waals surface area contributed by atoms with E-state index in [9.17, 15) is 24.9 Å². The van der Waals surface area contributed by atoms with Crippen molar-refractivity contribution in [3.8, 4) is 23.0 Å². The van der Waals surface area contributed by atoms with Gasteiger partial charge in [-0.05, 0) is 143 Å². The third-order valence-corrected chi connectivity index (χ3v) is 29.7. The number of esters is 1. The lowest BCUT2D eigenvalue weighted by molar-refractivity contribution is -0.152. The summed E-state index contributed by atoms with van der Waals surface area (Å²) in [7, 11) is -6.50. The highest BCUT2D eigenvalue weighted by molar-refractivity contribution is 6.99. The van der Waals surface area contributed by atoms with E-state index in [1.54, 1.807) is 58.1 Å². The summed E-state index contributed by atoms with van der Waals surface area (Å²) in [5.74, 6) is -1.10. The number of carbonyl (C=O) groups is 2. The smallest absolute Gasteiger partial charge is 0.339 e. The van der Waals surface area contributed by atoms with Crippen molar-refractivity contribution < 1.29 is 76.4 Å². The second-order valence-corrected chi connectivity index (χ2v) is 44.9. The van der Waals surface area contributed by atoms with E-state index in [4.69, 9.17) is 51.5 Å². The Labute approximate surface area is 578 Å². The molecule has 0 spiro atoms. The van der Waals surface area contributed by atoms with Crippen LogP contribution < -0.4 is 29.3 Å². The molecule has 0 saturated carbocycles. The molecule has 16 nitrogen and oxygen atoms in total. The van der Waals surface area contributed by atoms with Crippen LogP contribution in [0.2, 0.25) is 48.9 Å². The van der Waals surface area contributed by atoms with Gasteiger partial charge in [-0.15, -0.1) is 0 Å². The SMILES string of the molecule is C.C.Cc1cc2c(c(/C=C/C[C@@H]3OC(C)(C)O[C@@H]3C(/C=C\[C@@H](C)[C@H](C)O[Si](c3ccccc3)(c3ccccc3)C(C)(C)C)O[Si](C)(C)C(C)(C)C)c1C(=O)OCC[Si](C)(C)C)OCO2.Cc1cc2c(c(/C=C/C[C@@H]3OC(C)(C)O[C@@H]3C(O)/C=C\[C@@H](C)[C@H](C)O)c1C(=O)O)OCO2. The quantitative estimate of drug-likeness (QED) is 0.0322. The number of carbonyl (C=O) groups excluding carboxylic acids is 1. The van der Waals surface area contributed by atoms with Gasteiger partial charge in [0.25, 0.3) is 8.32 Å². The van der Waals surface area contributed by atoms with E-state index in [-0.39, 0.29) is 74.1 Å². The maximum absolute atomic E-state index is 13.7. The average molecular weight is 1380 g/mol. The fourth-order valence-corrected chi connectivity index (χ4v) is 18.7. The van der Waals surface area contributed by atoms with Gasteiger partial charge in [-0.2, -0.15) is 0 Å². The Morgan fingerprint density at radius 3 is 1.53 bits per heavy atom. The maximum atomic E-state index is 13.7. The predicted molar refractivity (Wildman–Crippen MR) is 393 cm³/mol. The first kappa shape index (κ1) is 81.0. The fraction of sp³-hybridized carbons (Fsp3) is 0.558. The number of ether oxygens (including phenoxy) is 9. The molecule has 0 radical (unpaired) electrons. The van der Waals surface area contributed by atoms with Crippen LogP contribution in [0.5, 0.6) is 23.0 Å². The number of aliphatic hydroxyl groups excluding tert-OH is 2. The molecule has 0 bridgehead atoms. The molecule has 0 amide bonds. The second-order valence-electron chi connectivity index (χ2n) is 30.3. The highest BCUT2D eigenvalue weighted by Crippen LogP contribution is 2.45. The van der Waals surface area contributed by atoms with Crippen LogP contribution in [0, 0.1) is 25.7 Å². The van der Waals surface area contributed by atoms with E-state index in [2.05, 4.69) is 161 Å². The van der Waals surface area contributed by atoms with Gasteiger partial charge in [0.15, 0.2) is 42.9 Å². The fourth-order valence-electron chi connectivity index (χ4n) is 11.9. The molecule has 2 saturated heterocycles. The molecule has 3 N–H and O–H groups in total. The molecule has 4 heterocycles. The summed E-state index contributed by atoms with van der Waals surface area (Å²) in [4.78, 5) is 25.5. The maximum Gasteiger partial charge on any atom is 0.339 e. The standard InChI is InChI=1S/C51H76O8Si3.C24H32O8.2CH4/c1-36(38(3)58-62(50(7,8)9,39-24-19-17-20-25-39)40-26-21-18-22-27-40)30-31-43(59-61(15,16)49(4,5)6)47-42(56-51(10,11)57-47)29-23-28-41-45(48(52)53-32-33-60(12,13)14)37(2)34-44-46(41)55-35-54-44;1-13(15(3)25)9-10-17(26)22-18(31-24(4,5)32-22)8-6-7-16-20(23(27)28)14(2)11-19-21(16)30-12-29-19;;/h17-28,30-31,34,36,38,42-43,47H,29,32-33,35H2,1-16H3;6-7,9-11,13,15,17-18,22,25-26H,8,12H2,1-5H3,(H,27,28);2*1H4/b28-23+,31-30-;7-6+,10-9-;;/t36-,38+,42+,43?,47+;13-,15+,17?,18+,22-;;/m11../s1. The number of fused-ring (bicyclic) bond motifs is 2. The van der Waals surface area contributed by atoms with E-state index in [0.29, 0.717) is 64.7 Å². The number of benzene rings is 4. The lowest BCUT2D eigenvalue weighted by Gasteiger charge is -2.45. The number of carboxylic acid groups (broad SMARTS) is 1. The van der Waals surface area contributed by atoms with Gasteiger partial charge in [-0.25, -0.2) is 9.59 Å². The van der Waals surface area contributed by atoms with E-state index >= 15 is 0 Å². The van der Waals surface area contributed by atoms with Crippen molar-refractivity contribution in [3.63, 3.8) is 0 Å². The van der Waals surface area contributed by atoms with E-state index in [0.717, 1.165) is 11.6 Å². The van der Waals surface area contributed by atoms with Gasteiger partial charge < -0.3 is 66.8 Å². The number of hydrogen-bond donors (Lipinski definition) is 3. The number of aromatic carboxylic acids is 1. The topological polar surface area (TPSA) is 196 Å². The molecule has 0 aliphatic carbocycles. The third-order valence-electron chi connectivity index (χ3n) is 18.4. The van der Waals surface area contributed by atoms with Gasteiger partial charge in [0.2, 0.25) is 13.6 Å². The summed E-state index contributed by atoms with van der Waals surface area (Å²) in [6.45, 7) is 44.8. The van der Waals surface area contributed by atoms with E-state index < -0.39 is 78.9 Å². The van der Waals surface area contributed by atoms with E-state index in [1.165, 1.54) is 10.4 Å². The molecule has 10 atom stereocenters.